The van der Waals surface area contributed by atoms with Crippen LogP contribution in [0.25, 0.3) is 10.9 Å². The number of aromatic nitrogens is 1. The van der Waals surface area contributed by atoms with Crippen LogP contribution in [0, 0.1) is 5.92 Å². The molecule has 1 fully saturated rings. The Bertz CT molecular complexity index is 714. The summed E-state index contributed by atoms with van der Waals surface area (Å²) in [4.78, 5) is 24.3. The zero-order chi connectivity index (χ0) is 16.2. The number of carbonyl (C=O) groups is 2. The third-order valence-electron chi connectivity index (χ3n) is 4.66. The van der Waals surface area contributed by atoms with Crippen molar-refractivity contribution in [3.05, 3.63) is 36.0 Å². The molecule has 1 saturated carbocycles. The first kappa shape index (κ1) is 15.6. The average molecular weight is 313 g/mol. The minimum absolute atomic E-state index is 0.106. The van der Waals surface area contributed by atoms with E-state index in [1.807, 2.05) is 35.9 Å². The zero-order valence-corrected chi connectivity index (χ0v) is 13.5. The van der Waals surface area contributed by atoms with E-state index in [1.54, 1.807) is 6.20 Å². The number of nitrogens with one attached hydrogen (secondary N) is 2. The molecular weight excluding hydrogens is 290 g/mol. The molecule has 0 bridgehead atoms. The molecule has 5 nitrogen and oxygen atoms in total. The van der Waals surface area contributed by atoms with E-state index in [0.29, 0.717) is 17.9 Å². The molecule has 2 aromatic rings. The molecule has 23 heavy (non-hydrogen) atoms. The van der Waals surface area contributed by atoms with Gasteiger partial charge in [0.15, 0.2) is 0 Å². The van der Waals surface area contributed by atoms with Gasteiger partial charge in [0.2, 0.25) is 5.91 Å². The molecule has 5 heteroatoms. The number of para-hydroxylation sites is 1. The molecule has 2 N–H and O–H groups in total. The molecule has 0 unspecified atom stereocenters. The average Bonchev–Trinajstić information content (AvgIpc) is 2.91. The maximum atomic E-state index is 12.3. The quantitative estimate of drug-likeness (QED) is 0.856. The van der Waals surface area contributed by atoms with Crippen LogP contribution in [0.5, 0.6) is 0 Å². The number of carbonyl (C=O) groups excluding carboxylic acids is 2. The highest BCUT2D eigenvalue weighted by Gasteiger charge is 2.18. The summed E-state index contributed by atoms with van der Waals surface area (Å²) < 4.78 is 1.91. The third kappa shape index (κ3) is 3.55. The van der Waals surface area contributed by atoms with Crippen LogP contribution < -0.4 is 10.9 Å². The molecule has 122 valence electrons. The minimum atomic E-state index is -0.279. The summed E-state index contributed by atoms with van der Waals surface area (Å²) in [5.74, 6) is 0.0717. The van der Waals surface area contributed by atoms with Gasteiger partial charge in [-0.3, -0.25) is 20.4 Å². The van der Waals surface area contributed by atoms with E-state index < -0.39 is 0 Å². The fraction of sp³-hybridized carbons (Fsp3) is 0.444. The van der Waals surface area contributed by atoms with Crippen LogP contribution in [0.1, 0.15) is 48.9 Å². The number of benzene rings is 1. The van der Waals surface area contributed by atoms with Crippen LogP contribution in [-0.2, 0) is 11.8 Å². The van der Waals surface area contributed by atoms with Gasteiger partial charge in [-0.25, -0.2) is 0 Å². The van der Waals surface area contributed by atoms with E-state index in [1.165, 1.54) is 19.3 Å². The lowest BCUT2D eigenvalue weighted by atomic mass is 9.87. The molecule has 1 aliphatic carbocycles. The summed E-state index contributed by atoms with van der Waals surface area (Å²) in [5.41, 5.74) is 6.66. The number of hydrazine groups is 1. The predicted molar refractivity (Wildman–Crippen MR) is 89.7 cm³/mol. The molecule has 3 rings (SSSR count). The Hall–Kier alpha value is -2.30. The summed E-state index contributed by atoms with van der Waals surface area (Å²) in [6.07, 6.45) is 8.20. The lowest BCUT2D eigenvalue weighted by Crippen LogP contribution is -2.42. The molecule has 1 aromatic heterocycles. The monoisotopic (exact) mass is 313 g/mol. The summed E-state index contributed by atoms with van der Waals surface area (Å²) in [7, 11) is 1.90. The van der Waals surface area contributed by atoms with Crippen molar-refractivity contribution in [2.24, 2.45) is 13.0 Å². The van der Waals surface area contributed by atoms with Crippen molar-refractivity contribution in [2.75, 3.05) is 0 Å². The second-order valence-electron chi connectivity index (χ2n) is 6.38. The minimum Gasteiger partial charge on any atom is -0.350 e. The Kier molecular flexibility index (Phi) is 4.65. The Labute approximate surface area is 136 Å². The van der Waals surface area contributed by atoms with Crippen LogP contribution in [0.2, 0.25) is 0 Å². The van der Waals surface area contributed by atoms with Crippen molar-refractivity contribution in [3.63, 3.8) is 0 Å². The fourth-order valence-electron chi connectivity index (χ4n) is 3.42. The second-order valence-corrected chi connectivity index (χ2v) is 6.38. The maximum Gasteiger partial charge on any atom is 0.271 e. The Morgan fingerprint density at radius 2 is 1.87 bits per heavy atom. The predicted octanol–water partition coefficient (Wildman–Crippen LogP) is 2.91. The summed E-state index contributed by atoms with van der Waals surface area (Å²) >= 11 is 0. The Morgan fingerprint density at radius 3 is 2.65 bits per heavy atom. The van der Waals surface area contributed by atoms with Gasteiger partial charge in [-0.2, -0.15) is 0 Å². The van der Waals surface area contributed by atoms with Crippen LogP contribution in [0.15, 0.2) is 30.5 Å². The van der Waals surface area contributed by atoms with Gasteiger partial charge in [0.1, 0.15) is 0 Å². The normalized spacial score (nSPS) is 15.5. The van der Waals surface area contributed by atoms with Gasteiger partial charge in [0.25, 0.3) is 5.91 Å². The van der Waals surface area contributed by atoms with Gasteiger partial charge in [0.05, 0.1) is 5.56 Å². The van der Waals surface area contributed by atoms with Crippen LogP contribution in [0.3, 0.4) is 0 Å². The molecule has 1 heterocycles. The SMILES string of the molecule is Cn1cc(C(=O)NNC(=O)CC2CCCCC2)c2ccccc21. The van der Waals surface area contributed by atoms with E-state index in [-0.39, 0.29) is 11.8 Å². The third-order valence-corrected chi connectivity index (χ3v) is 4.66. The molecular formula is C18H23N3O2. The second kappa shape index (κ2) is 6.86. The number of fused-ring (bicyclic) bond motifs is 1. The van der Waals surface area contributed by atoms with Gasteiger partial charge >= 0.3 is 0 Å². The first-order chi connectivity index (χ1) is 11.1. The first-order valence-electron chi connectivity index (χ1n) is 8.28. The summed E-state index contributed by atoms with van der Waals surface area (Å²) in [5, 5.41) is 0.883. The van der Waals surface area contributed by atoms with Gasteiger partial charge in [-0.05, 0) is 24.8 Å². The maximum absolute atomic E-state index is 12.3. The summed E-state index contributed by atoms with van der Waals surface area (Å²) in [6, 6.07) is 7.72. The molecule has 0 atom stereocenters. The van der Waals surface area contributed by atoms with Gasteiger partial charge in [0, 0.05) is 30.6 Å². The zero-order valence-electron chi connectivity index (χ0n) is 13.5. The van der Waals surface area contributed by atoms with Crippen molar-refractivity contribution in [2.45, 2.75) is 38.5 Å². The van der Waals surface area contributed by atoms with E-state index >= 15 is 0 Å². The molecule has 2 amide bonds. The first-order valence-corrected chi connectivity index (χ1v) is 8.28. The highest BCUT2D eigenvalue weighted by molar-refractivity contribution is 6.07. The smallest absolute Gasteiger partial charge is 0.271 e. The van der Waals surface area contributed by atoms with Gasteiger partial charge in [-0.1, -0.05) is 37.5 Å². The molecule has 0 aliphatic heterocycles. The van der Waals surface area contributed by atoms with E-state index in [2.05, 4.69) is 10.9 Å². The topological polar surface area (TPSA) is 63.1 Å². The Morgan fingerprint density at radius 1 is 1.13 bits per heavy atom. The van der Waals surface area contributed by atoms with Crippen LogP contribution in [-0.4, -0.2) is 16.4 Å². The highest BCUT2D eigenvalue weighted by Crippen LogP contribution is 2.26. The molecule has 1 aromatic carbocycles. The number of hydrogen-bond donors (Lipinski definition) is 2. The van der Waals surface area contributed by atoms with Crippen molar-refractivity contribution < 1.29 is 9.59 Å². The van der Waals surface area contributed by atoms with E-state index in [0.717, 1.165) is 23.7 Å². The van der Waals surface area contributed by atoms with E-state index in [4.69, 9.17) is 0 Å². The van der Waals surface area contributed by atoms with Crippen LogP contribution in [0.4, 0.5) is 0 Å². The molecule has 0 saturated heterocycles. The van der Waals surface area contributed by atoms with Crippen molar-refractivity contribution >= 4 is 22.7 Å². The lowest BCUT2D eigenvalue weighted by Gasteiger charge is -2.20. The van der Waals surface area contributed by atoms with Crippen molar-refractivity contribution in [1.29, 1.82) is 0 Å². The number of hydrogen-bond acceptors (Lipinski definition) is 2. The molecule has 1 aliphatic rings. The standard InChI is InChI=1S/C18H23N3O2/c1-21-12-15(14-9-5-6-10-16(14)21)18(23)20-19-17(22)11-13-7-3-2-4-8-13/h5-6,9-10,12-13H,2-4,7-8,11H2,1H3,(H,19,22)(H,20,23). The molecule has 0 spiro atoms. The van der Waals surface area contributed by atoms with Crippen LogP contribution >= 0.6 is 0 Å². The number of amides is 2. The number of aryl methyl sites for hydroxylation is 1. The van der Waals surface area contributed by atoms with Gasteiger partial charge in [-0.15, -0.1) is 0 Å². The van der Waals surface area contributed by atoms with Gasteiger partial charge < -0.3 is 4.57 Å². The number of rotatable bonds is 3. The summed E-state index contributed by atoms with van der Waals surface area (Å²) in [6.45, 7) is 0. The fourth-order valence-corrected chi connectivity index (χ4v) is 3.42. The number of nitrogens with zero attached hydrogens (tertiary/aromatic N) is 1. The molecule has 0 radical (unpaired) electrons. The highest BCUT2D eigenvalue weighted by atomic mass is 16.2. The van der Waals surface area contributed by atoms with Crippen molar-refractivity contribution in [3.8, 4) is 0 Å². The van der Waals surface area contributed by atoms with Crippen molar-refractivity contribution in [1.82, 2.24) is 15.4 Å². The largest absolute Gasteiger partial charge is 0.350 e. The Balaban J connectivity index is 1.59. The lowest BCUT2D eigenvalue weighted by molar-refractivity contribution is -0.123. The van der Waals surface area contributed by atoms with E-state index in [9.17, 15) is 9.59 Å².